The van der Waals surface area contributed by atoms with E-state index in [2.05, 4.69) is 11.9 Å². The van der Waals surface area contributed by atoms with Gasteiger partial charge in [-0.2, -0.15) is 0 Å². The van der Waals surface area contributed by atoms with Crippen molar-refractivity contribution in [1.82, 2.24) is 5.32 Å². The number of aliphatic hydroxyl groups is 1. The lowest BCUT2D eigenvalue weighted by atomic mass is 9.87. The molecule has 0 unspecified atom stereocenters. The molecular weight excluding hydrogens is 178 g/mol. The molecule has 0 heterocycles. The van der Waals surface area contributed by atoms with Gasteiger partial charge >= 0.3 is 0 Å². The third-order valence-electron chi connectivity index (χ3n) is 2.73. The molecule has 0 aromatic heterocycles. The standard InChI is InChI=1S/C11H19NO2/c1-2-3-11(14)12-8-9-4-6-10(13)7-5-9/h2,9-10,13H,1,3-8H2,(H,12,14). The highest BCUT2D eigenvalue weighted by molar-refractivity contribution is 5.77. The lowest BCUT2D eigenvalue weighted by Crippen LogP contribution is -2.31. The maximum absolute atomic E-state index is 11.1. The minimum Gasteiger partial charge on any atom is -0.393 e. The highest BCUT2D eigenvalue weighted by Crippen LogP contribution is 2.23. The Bertz CT molecular complexity index is 195. The first-order chi connectivity index (χ1) is 6.72. The molecule has 1 rings (SSSR count). The van der Waals surface area contributed by atoms with Crippen LogP contribution < -0.4 is 5.32 Å². The first-order valence-corrected chi connectivity index (χ1v) is 5.28. The fourth-order valence-electron chi connectivity index (χ4n) is 1.81. The van der Waals surface area contributed by atoms with Crippen LogP contribution in [0.25, 0.3) is 0 Å². The van der Waals surface area contributed by atoms with Gasteiger partial charge in [0.15, 0.2) is 0 Å². The summed E-state index contributed by atoms with van der Waals surface area (Å²) in [6.45, 7) is 4.26. The smallest absolute Gasteiger partial charge is 0.223 e. The SMILES string of the molecule is C=CCC(=O)NCC1CCC(O)CC1. The highest BCUT2D eigenvalue weighted by Gasteiger charge is 2.19. The van der Waals surface area contributed by atoms with E-state index in [4.69, 9.17) is 0 Å². The molecule has 2 N–H and O–H groups in total. The van der Waals surface area contributed by atoms with Crippen LogP contribution in [0.3, 0.4) is 0 Å². The molecule has 3 nitrogen and oxygen atoms in total. The minimum atomic E-state index is -0.116. The molecule has 0 aromatic carbocycles. The Balaban J connectivity index is 2.12. The molecule has 1 aliphatic rings. The number of aliphatic hydroxyl groups excluding tert-OH is 1. The number of nitrogens with one attached hydrogen (secondary N) is 1. The second kappa shape index (κ2) is 5.81. The van der Waals surface area contributed by atoms with Crippen LogP contribution in [-0.4, -0.2) is 23.7 Å². The summed E-state index contributed by atoms with van der Waals surface area (Å²) in [5, 5.41) is 12.2. The fraction of sp³-hybridized carbons (Fsp3) is 0.727. The number of carbonyl (C=O) groups is 1. The van der Waals surface area contributed by atoms with Crippen molar-refractivity contribution in [3.63, 3.8) is 0 Å². The molecule has 14 heavy (non-hydrogen) atoms. The lowest BCUT2D eigenvalue weighted by Gasteiger charge is -2.25. The molecule has 0 aromatic rings. The van der Waals surface area contributed by atoms with Crippen molar-refractivity contribution in [3.8, 4) is 0 Å². The summed E-state index contributed by atoms with van der Waals surface area (Å²) < 4.78 is 0. The zero-order valence-corrected chi connectivity index (χ0v) is 8.54. The Hall–Kier alpha value is -0.830. The maximum atomic E-state index is 11.1. The number of hydrogen-bond donors (Lipinski definition) is 2. The lowest BCUT2D eigenvalue weighted by molar-refractivity contribution is -0.120. The molecule has 0 bridgehead atoms. The molecule has 1 aliphatic carbocycles. The summed E-state index contributed by atoms with van der Waals surface area (Å²) in [5.41, 5.74) is 0. The van der Waals surface area contributed by atoms with E-state index in [-0.39, 0.29) is 12.0 Å². The first kappa shape index (κ1) is 11.2. The predicted octanol–water partition coefficient (Wildman–Crippen LogP) is 1.23. The molecule has 0 aliphatic heterocycles. The third kappa shape index (κ3) is 3.92. The van der Waals surface area contributed by atoms with Gasteiger partial charge in [0.1, 0.15) is 0 Å². The van der Waals surface area contributed by atoms with Crippen molar-refractivity contribution in [1.29, 1.82) is 0 Å². The van der Waals surface area contributed by atoms with Crippen molar-refractivity contribution in [2.45, 2.75) is 38.2 Å². The van der Waals surface area contributed by atoms with Gasteiger partial charge in [-0.15, -0.1) is 6.58 Å². The van der Waals surface area contributed by atoms with Gasteiger partial charge in [-0.3, -0.25) is 4.79 Å². The number of hydrogen-bond acceptors (Lipinski definition) is 2. The average Bonchev–Trinajstić information content (AvgIpc) is 2.17. The predicted molar refractivity (Wildman–Crippen MR) is 55.8 cm³/mol. The van der Waals surface area contributed by atoms with Crippen molar-refractivity contribution in [2.24, 2.45) is 5.92 Å². The molecule has 0 atom stereocenters. The van der Waals surface area contributed by atoms with E-state index in [1.54, 1.807) is 6.08 Å². The Morgan fingerprint density at radius 1 is 1.43 bits per heavy atom. The summed E-state index contributed by atoms with van der Waals surface area (Å²) in [6.07, 6.45) is 5.69. The molecule has 3 heteroatoms. The normalized spacial score (nSPS) is 26.9. The van der Waals surface area contributed by atoms with Crippen molar-refractivity contribution >= 4 is 5.91 Å². The Morgan fingerprint density at radius 3 is 2.64 bits per heavy atom. The van der Waals surface area contributed by atoms with E-state index in [0.717, 1.165) is 32.2 Å². The van der Waals surface area contributed by atoms with Crippen LogP contribution in [0.4, 0.5) is 0 Å². The van der Waals surface area contributed by atoms with Crippen molar-refractivity contribution in [2.75, 3.05) is 6.54 Å². The average molecular weight is 197 g/mol. The van der Waals surface area contributed by atoms with E-state index in [1.807, 2.05) is 0 Å². The Labute approximate surface area is 85.2 Å². The van der Waals surface area contributed by atoms with E-state index in [9.17, 15) is 9.90 Å². The zero-order chi connectivity index (χ0) is 10.4. The van der Waals surface area contributed by atoms with Gasteiger partial charge < -0.3 is 10.4 Å². The van der Waals surface area contributed by atoms with Crippen LogP contribution in [0, 0.1) is 5.92 Å². The quantitative estimate of drug-likeness (QED) is 0.666. The maximum Gasteiger partial charge on any atom is 0.223 e. The topological polar surface area (TPSA) is 49.3 Å². The van der Waals surface area contributed by atoms with Gasteiger partial charge in [-0.25, -0.2) is 0 Å². The van der Waals surface area contributed by atoms with Crippen LogP contribution in [0.1, 0.15) is 32.1 Å². The number of carbonyl (C=O) groups excluding carboxylic acids is 1. The summed E-state index contributed by atoms with van der Waals surface area (Å²) in [4.78, 5) is 11.1. The molecule has 80 valence electrons. The molecule has 1 saturated carbocycles. The summed E-state index contributed by atoms with van der Waals surface area (Å²) in [5.74, 6) is 0.596. The van der Waals surface area contributed by atoms with E-state index in [0.29, 0.717) is 12.3 Å². The molecule has 0 radical (unpaired) electrons. The largest absolute Gasteiger partial charge is 0.393 e. The second-order valence-electron chi connectivity index (χ2n) is 3.97. The zero-order valence-electron chi connectivity index (χ0n) is 8.54. The monoisotopic (exact) mass is 197 g/mol. The molecular formula is C11H19NO2. The minimum absolute atomic E-state index is 0.0473. The van der Waals surface area contributed by atoms with Crippen molar-refractivity contribution < 1.29 is 9.90 Å². The van der Waals surface area contributed by atoms with Gasteiger partial charge in [0.05, 0.1) is 6.10 Å². The first-order valence-electron chi connectivity index (χ1n) is 5.28. The van der Waals surface area contributed by atoms with Gasteiger partial charge in [0.25, 0.3) is 0 Å². The van der Waals surface area contributed by atoms with Crippen LogP contribution in [0.2, 0.25) is 0 Å². The summed E-state index contributed by atoms with van der Waals surface area (Å²) in [7, 11) is 0. The van der Waals surface area contributed by atoms with E-state index < -0.39 is 0 Å². The van der Waals surface area contributed by atoms with Gasteiger partial charge in [0, 0.05) is 13.0 Å². The Morgan fingerprint density at radius 2 is 2.07 bits per heavy atom. The molecule has 0 saturated heterocycles. The number of rotatable bonds is 4. The third-order valence-corrected chi connectivity index (χ3v) is 2.73. The van der Waals surface area contributed by atoms with E-state index >= 15 is 0 Å². The Kier molecular flexibility index (Phi) is 4.66. The van der Waals surface area contributed by atoms with Gasteiger partial charge in [-0.05, 0) is 31.6 Å². The summed E-state index contributed by atoms with van der Waals surface area (Å²) in [6, 6.07) is 0. The molecule has 1 amide bonds. The van der Waals surface area contributed by atoms with Crippen LogP contribution in [-0.2, 0) is 4.79 Å². The van der Waals surface area contributed by atoms with Crippen LogP contribution in [0.15, 0.2) is 12.7 Å². The van der Waals surface area contributed by atoms with Gasteiger partial charge in [0.2, 0.25) is 5.91 Å². The number of amides is 1. The van der Waals surface area contributed by atoms with Crippen molar-refractivity contribution in [3.05, 3.63) is 12.7 Å². The fourth-order valence-corrected chi connectivity index (χ4v) is 1.81. The van der Waals surface area contributed by atoms with E-state index in [1.165, 1.54) is 0 Å². The molecule has 0 spiro atoms. The van der Waals surface area contributed by atoms with Crippen LogP contribution in [0.5, 0.6) is 0 Å². The highest BCUT2D eigenvalue weighted by atomic mass is 16.3. The van der Waals surface area contributed by atoms with Gasteiger partial charge in [-0.1, -0.05) is 6.08 Å². The molecule has 1 fully saturated rings. The van der Waals surface area contributed by atoms with Crippen LogP contribution >= 0.6 is 0 Å². The summed E-state index contributed by atoms with van der Waals surface area (Å²) >= 11 is 0. The second-order valence-corrected chi connectivity index (χ2v) is 3.97.